The third-order valence-corrected chi connectivity index (χ3v) is 3.67. The van der Waals surface area contributed by atoms with Crippen LogP contribution in [0.3, 0.4) is 0 Å². The Hall–Kier alpha value is -2.08. The van der Waals surface area contributed by atoms with Gasteiger partial charge in [0.25, 0.3) is 5.91 Å². The van der Waals surface area contributed by atoms with Crippen LogP contribution in [0.25, 0.3) is 0 Å². The Morgan fingerprint density at radius 3 is 2.90 bits per heavy atom. The highest BCUT2D eigenvalue weighted by molar-refractivity contribution is 9.10. The number of fused-ring (bicyclic) bond motifs is 1. The second kappa shape index (κ2) is 5.73. The smallest absolute Gasteiger partial charge is 0.251 e. The topological polar surface area (TPSA) is 60.5 Å². The molecule has 2 heterocycles. The third kappa shape index (κ3) is 3.00. The van der Waals surface area contributed by atoms with Gasteiger partial charge in [-0.15, -0.1) is 0 Å². The van der Waals surface area contributed by atoms with Crippen LogP contribution in [0.2, 0.25) is 0 Å². The highest BCUT2D eigenvalue weighted by Gasteiger charge is 2.17. The van der Waals surface area contributed by atoms with Gasteiger partial charge in [-0.25, -0.2) is 4.98 Å². The van der Waals surface area contributed by atoms with Gasteiger partial charge in [0.15, 0.2) is 11.5 Å². The lowest BCUT2D eigenvalue weighted by Gasteiger charge is -2.15. The second-order valence-corrected chi connectivity index (χ2v) is 5.49. The van der Waals surface area contributed by atoms with Gasteiger partial charge in [0.1, 0.15) is 4.60 Å². The van der Waals surface area contributed by atoms with Gasteiger partial charge < -0.3 is 14.8 Å². The standard InChI is InChI=1S/C15H13BrN2O3/c1-9(10-2-3-12-13(6-10)21-8-20-12)18-15(19)11-4-5-17-14(16)7-11/h2-7,9H,8H2,1H3,(H,18,19). The van der Waals surface area contributed by atoms with Gasteiger partial charge in [0.05, 0.1) is 6.04 Å². The molecule has 1 aliphatic heterocycles. The van der Waals surface area contributed by atoms with Crippen molar-refractivity contribution in [3.8, 4) is 11.5 Å². The largest absolute Gasteiger partial charge is 0.454 e. The zero-order valence-corrected chi connectivity index (χ0v) is 12.9. The number of nitrogens with one attached hydrogen (secondary N) is 1. The molecule has 0 radical (unpaired) electrons. The van der Waals surface area contributed by atoms with E-state index < -0.39 is 0 Å². The normalized spacial score (nSPS) is 13.8. The van der Waals surface area contributed by atoms with Crippen LogP contribution in [0.1, 0.15) is 28.9 Å². The van der Waals surface area contributed by atoms with Crippen molar-refractivity contribution in [2.24, 2.45) is 0 Å². The number of benzene rings is 1. The molecule has 0 spiro atoms. The monoisotopic (exact) mass is 348 g/mol. The number of pyridine rings is 1. The van der Waals surface area contributed by atoms with E-state index in [0.717, 1.165) is 11.3 Å². The minimum atomic E-state index is -0.150. The number of rotatable bonds is 3. The van der Waals surface area contributed by atoms with Crippen LogP contribution >= 0.6 is 15.9 Å². The number of carbonyl (C=O) groups is 1. The molecule has 0 bridgehead atoms. The van der Waals surface area contributed by atoms with Crippen LogP contribution in [0.5, 0.6) is 11.5 Å². The molecule has 1 atom stereocenters. The van der Waals surface area contributed by atoms with Crippen LogP contribution in [0.4, 0.5) is 0 Å². The van der Waals surface area contributed by atoms with E-state index in [1.807, 2.05) is 25.1 Å². The van der Waals surface area contributed by atoms with Gasteiger partial charge in [-0.05, 0) is 52.7 Å². The van der Waals surface area contributed by atoms with Crippen molar-refractivity contribution in [1.29, 1.82) is 0 Å². The van der Waals surface area contributed by atoms with Crippen LogP contribution < -0.4 is 14.8 Å². The number of ether oxygens (including phenoxy) is 2. The molecular formula is C15H13BrN2O3. The van der Waals surface area contributed by atoms with Gasteiger partial charge in [-0.2, -0.15) is 0 Å². The number of carbonyl (C=O) groups excluding carboxylic acids is 1. The summed E-state index contributed by atoms with van der Waals surface area (Å²) in [6.45, 7) is 2.16. The lowest BCUT2D eigenvalue weighted by molar-refractivity contribution is 0.0939. The van der Waals surface area contributed by atoms with Crippen LogP contribution in [0.15, 0.2) is 41.1 Å². The van der Waals surface area contributed by atoms with Crippen molar-refractivity contribution in [2.45, 2.75) is 13.0 Å². The molecule has 3 rings (SSSR count). The molecule has 0 saturated carbocycles. The van der Waals surface area contributed by atoms with Crippen LogP contribution in [-0.2, 0) is 0 Å². The van der Waals surface area contributed by atoms with Crippen molar-refractivity contribution in [3.63, 3.8) is 0 Å². The maximum atomic E-state index is 12.2. The van der Waals surface area contributed by atoms with Crippen molar-refractivity contribution in [3.05, 3.63) is 52.3 Å². The van der Waals surface area contributed by atoms with Crippen molar-refractivity contribution in [2.75, 3.05) is 6.79 Å². The third-order valence-electron chi connectivity index (χ3n) is 3.23. The fraction of sp³-hybridized carbons (Fsp3) is 0.200. The van der Waals surface area contributed by atoms with Crippen molar-refractivity contribution < 1.29 is 14.3 Å². The van der Waals surface area contributed by atoms with E-state index in [9.17, 15) is 4.79 Å². The van der Waals surface area contributed by atoms with E-state index in [2.05, 4.69) is 26.2 Å². The van der Waals surface area contributed by atoms with Gasteiger partial charge in [-0.1, -0.05) is 6.07 Å². The summed E-state index contributed by atoms with van der Waals surface area (Å²) in [5.41, 5.74) is 1.52. The molecule has 6 heteroatoms. The summed E-state index contributed by atoms with van der Waals surface area (Å²) in [6.07, 6.45) is 1.59. The van der Waals surface area contributed by atoms with Gasteiger partial charge in [0.2, 0.25) is 6.79 Å². The Labute approximate surface area is 130 Å². The maximum Gasteiger partial charge on any atom is 0.251 e. The first-order valence-corrected chi connectivity index (χ1v) is 7.25. The molecule has 108 valence electrons. The minimum Gasteiger partial charge on any atom is -0.454 e. The lowest BCUT2D eigenvalue weighted by Crippen LogP contribution is -2.26. The fourth-order valence-corrected chi connectivity index (χ4v) is 2.45. The summed E-state index contributed by atoms with van der Waals surface area (Å²) in [5, 5.41) is 2.95. The predicted octanol–water partition coefficient (Wildman–Crippen LogP) is 3.06. The number of hydrogen-bond acceptors (Lipinski definition) is 4. The molecule has 2 aromatic rings. The van der Waals surface area contributed by atoms with Gasteiger partial charge >= 0.3 is 0 Å². The molecule has 0 aliphatic carbocycles. The van der Waals surface area contributed by atoms with E-state index in [1.165, 1.54) is 0 Å². The maximum absolute atomic E-state index is 12.2. The van der Waals surface area contributed by atoms with Crippen molar-refractivity contribution >= 4 is 21.8 Å². The Kier molecular flexibility index (Phi) is 3.79. The predicted molar refractivity (Wildman–Crippen MR) is 80.4 cm³/mol. The zero-order chi connectivity index (χ0) is 14.8. The number of amides is 1. The van der Waals surface area contributed by atoms with Gasteiger partial charge in [-0.3, -0.25) is 4.79 Å². The highest BCUT2D eigenvalue weighted by atomic mass is 79.9. The van der Waals surface area contributed by atoms with Crippen LogP contribution in [-0.4, -0.2) is 17.7 Å². The Morgan fingerprint density at radius 2 is 2.10 bits per heavy atom. The Bertz CT molecular complexity index is 690. The van der Waals surface area contributed by atoms with Gasteiger partial charge in [0, 0.05) is 11.8 Å². The number of halogens is 1. The second-order valence-electron chi connectivity index (χ2n) is 4.68. The highest BCUT2D eigenvalue weighted by Crippen LogP contribution is 2.34. The Morgan fingerprint density at radius 1 is 1.29 bits per heavy atom. The molecule has 1 N–H and O–H groups in total. The molecule has 1 aliphatic rings. The average Bonchev–Trinajstić information content (AvgIpc) is 2.94. The molecular weight excluding hydrogens is 336 g/mol. The first-order valence-electron chi connectivity index (χ1n) is 6.45. The summed E-state index contributed by atoms with van der Waals surface area (Å²) in [5.74, 6) is 1.29. The number of hydrogen-bond donors (Lipinski definition) is 1. The molecule has 0 fully saturated rings. The average molecular weight is 349 g/mol. The first-order chi connectivity index (χ1) is 10.1. The first kappa shape index (κ1) is 13.9. The molecule has 1 unspecified atom stereocenters. The molecule has 5 nitrogen and oxygen atoms in total. The minimum absolute atomic E-state index is 0.140. The number of aromatic nitrogens is 1. The lowest BCUT2D eigenvalue weighted by atomic mass is 10.1. The summed E-state index contributed by atoms with van der Waals surface area (Å²) in [7, 11) is 0. The fourth-order valence-electron chi connectivity index (χ4n) is 2.09. The summed E-state index contributed by atoms with van der Waals surface area (Å²) in [4.78, 5) is 16.2. The molecule has 1 aromatic carbocycles. The van der Waals surface area contributed by atoms with E-state index in [0.29, 0.717) is 15.9 Å². The molecule has 1 amide bonds. The summed E-state index contributed by atoms with van der Waals surface area (Å²) in [6, 6.07) is 8.87. The van der Waals surface area contributed by atoms with Crippen LogP contribution in [0, 0.1) is 0 Å². The Balaban J connectivity index is 1.74. The van der Waals surface area contributed by atoms with E-state index in [1.54, 1.807) is 18.3 Å². The summed E-state index contributed by atoms with van der Waals surface area (Å²) >= 11 is 3.25. The zero-order valence-electron chi connectivity index (χ0n) is 11.3. The molecule has 1 aromatic heterocycles. The SMILES string of the molecule is CC(NC(=O)c1ccnc(Br)c1)c1ccc2c(c1)OCO2. The summed E-state index contributed by atoms with van der Waals surface area (Å²) < 4.78 is 11.3. The van der Waals surface area contributed by atoms with Crippen molar-refractivity contribution in [1.82, 2.24) is 10.3 Å². The van der Waals surface area contributed by atoms with E-state index >= 15 is 0 Å². The quantitative estimate of drug-likeness (QED) is 0.866. The van der Waals surface area contributed by atoms with E-state index in [4.69, 9.17) is 9.47 Å². The van der Waals surface area contributed by atoms with E-state index in [-0.39, 0.29) is 18.7 Å². The number of nitrogens with zero attached hydrogens (tertiary/aromatic N) is 1. The molecule has 21 heavy (non-hydrogen) atoms. The molecule has 0 saturated heterocycles.